The number of likely N-dealkylation sites (N-methyl/N-ethyl adjacent to an activating group) is 1. The van der Waals surface area contributed by atoms with Crippen LogP contribution in [0, 0.1) is 0 Å². The molecular formula is C14H19ClN4O. The fourth-order valence-corrected chi connectivity index (χ4v) is 2.15. The Morgan fingerprint density at radius 3 is 3.00 bits per heavy atom. The number of nitrogens with zero attached hydrogens (tertiary/aromatic N) is 3. The molecule has 0 aliphatic rings. The van der Waals surface area contributed by atoms with Crippen molar-refractivity contribution in [1.82, 2.24) is 20.3 Å². The molecule has 5 nitrogen and oxygen atoms in total. The molecule has 0 radical (unpaired) electrons. The van der Waals surface area contributed by atoms with Gasteiger partial charge in [0.1, 0.15) is 12.4 Å². The van der Waals surface area contributed by atoms with E-state index in [0.717, 1.165) is 24.4 Å². The summed E-state index contributed by atoms with van der Waals surface area (Å²) in [6.07, 6.45) is 2.79. The van der Waals surface area contributed by atoms with Gasteiger partial charge in [0.05, 0.1) is 17.9 Å². The first kappa shape index (κ1) is 14.8. The molecule has 2 aromatic rings. The lowest BCUT2D eigenvalue weighted by Crippen LogP contribution is -2.26. The van der Waals surface area contributed by atoms with E-state index in [9.17, 15) is 0 Å². The van der Waals surface area contributed by atoms with E-state index >= 15 is 0 Å². The smallest absolute Gasteiger partial charge is 0.120 e. The third-order valence-corrected chi connectivity index (χ3v) is 3.24. The molecule has 1 heterocycles. The van der Waals surface area contributed by atoms with Crippen molar-refractivity contribution in [3.05, 3.63) is 41.2 Å². The first-order valence-corrected chi connectivity index (χ1v) is 7.06. The largest absolute Gasteiger partial charge is 0.491 e. The molecule has 1 aromatic heterocycles. The van der Waals surface area contributed by atoms with Gasteiger partial charge in [-0.1, -0.05) is 29.8 Å². The zero-order valence-electron chi connectivity index (χ0n) is 11.7. The van der Waals surface area contributed by atoms with Crippen molar-refractivity contribution in [2.24, 2.45) is 0 Å². The van der Waals surface area contributed by atoms with Gasteiger partial charge in [-0.05, 0) is 31.7 Å². The van der Waals surface area contributed by atoms with E-state index in [2.05, 4.69) is 22.6 Å². The van der Waals surface area contributed by atoms with Gasteiger partial charge in [0, 0.05) is 11.6 Å². The van der Waals surface area contributed by atoms with Crippen LogP contribution in [-0.4, -0.2) is 28.6 Å². The summed E-state index contributed by atoms with van der Waals surface area (Å²) < 4.78 is 7.69. The van der Waals surface area contributed by atoms with Crippen LogP contribution in [-0.2, 0) is 6.54 Å². The fraction of sp³-hybridized carbons (Fsp3) is 0.429. The Bertz CT molecular complexity index is 543. The first-order valence-electron chi connectivity index (χ1n) is 6.68. The molecule has 0 spiro atoms. The van der Waals surface area contributed by atoms with E-state index in [1.54, 1.807) is 12.3 Å². The summed E-state index contributed by atoms with van der Waals surface area (Å²) >= 11 is 5.94. The van der Waals surface area contributed by atoms with Crippen molar-refractivity contribution in [3.8, 4) is 5.75 Å². The monoisotopic (exact) mass is 294 g/mol. The second-order valence-corrected chi connectivity index (χ2v) is 4.93. The van der Waals surface area contributed by atoms with Gasteiger partial charge in [0.25, 0.3) is 0 Å². The maximum Gasteiger partial charge on any atom is 0.120 e. The molecule has 0 aliphatic carbocycles. The zero-order valence-corrected chi connectivity index (χ0v) is 12.5. The van der Waals surface area contributed by atoms with E-state index < -0.39 is 0 Å². The number of ether oxygens (including phenoxy) is 1. The van der Waals surface area contributed by atoms with E-state index in [1.165, 1.54) is 0 Å². The van der Waals surface area contributed by atoms with E-state index in [4.69, 9.17) is 16.3 Å². The summed E-state index contributed by atoms with van der Waals surface area (Å²) in [6, 6.07) is 7.42. The van der Waals surface area contributed by atoms with Crippen LogP contribution >= 0.6 is 11.6 Å². The topological polar surface area (TPSA) is 52.0 Å². The predicted octanol–water partition coefficient (Wildman–Crippen LogP) is 2.68. The molecule has 0 amide bonds. The van der Waals surface area contributed by atoms with Crippen LogP contribution in [0.25, 0.3) is 0 Å². The molecular weight excluding hydrogens is 276 g/mol. The Labute approximate surface area is 123 Å². The summed E-state index contributed by atoms with van der Waals surface area (Å²) in [5.41, 5.74) is 1.02. The summed E-state index contributed by atoms with van der Waals surface area (Å²) in [5.74, 6) is 0.757. The van der Waals surface area contributed by atoms with Crippen molar-refractivity contribution in [1.29, 1.82) is 0 Å². The number of hydrogen-bond donors (Lipinski definition) is 1. The lowest BCUT2D eigenvalue weighted by molar-refractivity contribution is 0.265. The molecule has 1 N–H and O–H groups in total. The number of nitrogens with one attached hydrogen (secondary N) is 1. The van der Waals surface area contributed by atoms with Crippen LogP contribution in [0.4, 0.5) is 0 Å². The lowest BCUT2D eigenvalue weighted by atomic mass is 10.2. The summed E-state index contributed by atoms with van der Waals surface area (Å²) in [5, 5.41) is 12.0. The van der Waals surface area contributed by atoms with Gasteiger partial charge in [-0.15, -0.1) is 5.10 Å². The van der Waals surface area contributed by atoms with E-state index in [0.29, 0.717) is 11.6 Å². The average molecular weight is 295 g/mol. The molecule has 0 saturated carbocycles. The predicted molar refractivity (Wildman–Crippen MR) is 79.1 cm³/mol. The van der Waals surface area contributed by atoms with Gasteiger partial charge >= 0.3 is 0 Å². The van der Waals surface area contributed by atoms with Gasteiger partial charge in [0.15, 0.2) is 0 Å². The Kier molecular flexibility index (Phi) is 5.38. The van der Waals surface area contributed by atoms with Crippen molar-refractivity contribution >= 4 is 11.6 Å². The Morgan fingerprint density at radius 1 is 1.45 bits per heavy atom. The number of benzene rings is 1. The molecule has 1 aromatic carbocycles. The van der Waals surface area contributed by atoms with Crippen molar-refractivity contribution < 1.29 is 4.74 Å². The number of aromatic nitrogens is 3. The van der Waals surface area contributed by atoms with Crippen LogP contribution in [0.1, 0.15) is 25.1 Å². The highest BCUT2D eigenvalue weighted by Crippen LogP contribution is 2.19. The summed E-state index contributed by atoms with van der Waals surface area (Å²) in [6.45, 7) is 3.46. The van der Waals surface area contributed by atoms with Gasteiger partial charge in [-0.2, -0.15) is 0 Å². The molecule has 0 fully saturated rings. The standard InChI is InChI=1S/C14H19ClN4O/c1-3-7-19-14(9-17-18-19)13(16-2)10-20-12-6-4-5-11(15)8-12/h4-6,8-9,13,16H,3,7,10H2,1-2H3. The molecule has 0 aliphatic heterocycles. The van der Waals surface area contributed by atoms with Gasteiger partial charge in [-0.3, -0.25) is 0 Å². The molecule has 108 valence electrons. The third kappa shape index (κ3) is 3.71. The van der Waals surface area contributed by atoms with Crippen molar-refractivity contribution in [2.75, 3.05) is 13.7 Å². The number of aryl methyl sites for hydroxylation is 1. The highest BCUT2D eigenvalue weighted by Gasteiger charge is 2.16. The molecule has 20 heavy (non-hydrogen) atoms. The van der Waals surface area contributed by atoms with Crippen LogP contribution in [0.5, 0.6) is 5.75 Å². The van der Waals surface area contributed by atoms with E-state index in [-0.39, 0.29) is 6.04 Å². The fourth-order valence-electron chi connectivity index (χ4n) is 1.97. The summed E-state index contributed by atoms with van der Waals surface area (Å²) in [4.78, 5) is 0. The second-order valence-electron chi connectivity index (χ2n) is 4.49. The highest BCUT2D eigenvalue weighted by molar-refractivity contribution is 6.30. The Morgan fingerprint density at radius 2 is 2.30 bits per heavy atom. The maximum absolute atomic E-state index is 5.94. The first-order chi connectivity index (χ1) is 9.74. The van der Waals surface area contributed by atoms with E-state index in [1.807, 2.05) is 29.9 Å². The number of hydrogen-bond acceptors (Lipinski definition) is 4. The van der Waals surface area contributed by atoms with Gasteiger partial charge in [-0.25, -0.2) is 4.68 Å². The number of halogens is 1. The maximum atomic E-state index is 5.94. The minimum Gasteiger partial charge on any atom is -0.491 e. The van der Waals surface area contributed by atoms with Crippen molar-refractivity contribution in [3.63, 3.8) is 0 Å². The molecule has 2 rings (SSSR count). The highest BCUT2D eigenvalue weighted by atomic mass is 35.5. The molecule has 1 unspecified atom stereocenters. The van der Waals surface area contributed by atoms with Crippen LogP contribution in [0.15, 0.2) is 30.5 Å². The quantitative estimate of drug-likeness (QED) is 0.853. The van der Waals surface area contributed by atoms with Gasteiger partial charge < -0.3 is 10.1 Å². The Hall–Kier alpha value is -1.59. The zero-order chi connectivity index (χ0) is 14.4. The molecule has 0 saturated heterocycles. The molecule has 1 atom stereocenters. The minimum absolute atomic E-state index is 0.0375. The third-order valence-electron chi connectivity index (χ3n) is 3.00. The Balaban J connectivity index is 2.03. The van der Waals surface area contributed by atoms with Crippen LogP contribution in [0.2, 0.25) is 5.02 Å². The average Bonchev–Trinajstić information content (AvgIpc) is 2.89. The number of rotatable bonds is 7. The molecule has 6 heteroatoms. The van der Waals surface area contributed by atoms with Crippen LogP contribution < -0.4 is 10.1 Å². The SMILES string of the molecule is CCCn1nncc1C(COc1cccc(Cl)c1)NC. The van der Waals surface area contributed by atoms with Crippen LogP contribution in [0.3, 0.4) is 0 Å². The van der Waals surface area contributed by atoms with Crippen molar-refractivity contribution in [2.45, 2.75) is 25.9 Å². The second kappa shape index (κ2) is 7.26. The normalized spacial score (nSPS) is 12.3. The summed E-state index contributed by atoms with van der Waals surface area (Å²) in [7, 11) is 1.90. The van der Waals surface area contributed by atoms with Gasteiger partial charge in [0.2, 0.25) is 0 Å². The lowest BCUT2D eigenvalue weighted by Gasteiger charge is -2.17. The minimum atomic E-state index is 0.0375. The molecule has 0 bridgehead atoms.